The van der Waals surface area contributed by atoms with Crippen molar-refractivity contribution >= 4 is 53.9 Å². The van der Waals surface area contributed by atoms with Crippen LogP contribution in [0.1, 0.15) is 5.56 Å². The van der Waals surface area contributed by atoms with E-state index >= 15 is 0 Å². The first-order chi connectivity index (χ1) is 21.1. The first-order valence-corrected chi connectivity index (χ1v) is 14.0. The van der Waals surface area contributed by atoms with Crippen molar-refractivity contribution in [2.45, 2.75) is 12.1 Å². The molecule has 0 bridgehead atoms. The highest BCUT2D eigenvalue weighted by molar-refractivity contribution is 6.29. The highest BCUT2D eigenvalue weighted by Crippen LogP contribution is 2.50. The summed E-state index contributed by atoms with van der Waals surface area (Å²) in [5.41, 5.74) is 2.51. The molecule has 0 unspecified atom stereocenters. The molecule has 8 aromatic carbocycles. The van der Waals surface area contributed by atoms with E-state index in [1.54, 1.807) is 24.3 Å². The van der Waals surface area contributed by atoms with Crippen LogP contribution in [0.5, 0.6) is 0 Å². The molecule has 8 aromatic rings. The Kier molecular flexibility index (Phi) is 5.54. The first kappa shape index (κ1) is 26.5. The number of rotatable bonds is 3. The largest absolute Gasteiger partial charge is 0.458 e. The van der Waals surface area contributed by atoms with E-state index in [0.717, 1.165) is 60.6 Å². The van der Waals surface area contributed by atoms with E-state index in [0.29, 0.717) is 16.2 Å². The maximum Gasteiger partial charge on any atom is 0.458 e. The van der Waals surface area contributed by atoms with Gasteiger partial charge in [-0.25, -0.2) is 4.39 Å². The van der Waals surface area contributed by atoms with Crippen LogP contribution in [0.3, 0.4) is 0 Å². The van der Waals surface area contributed by atoms with Gasteiger partial charge in [-0.15, -0.1) is 0 Å². The maximum atomic E-state index is 14.8. The normalized spacial score (nSPS) is 12.8. The number of hydrogen-bond acceptors (Lipinski definition) is 0. The summed E-state index contributed by atoms with van der Waals surface area (Å²) in [7, 11) is 0. The standard InChI is InChI=1S/C38H20F6/c39-24-15-9-21(10-16-24)33-25-5-1-3-7-27(25)36(28-8-4-2-6-26(28)33)30-18-12-22-13-19-31-32(37(40,41)38(42,43)44)20-14-23-11-17-29(30)34(22)35(23)31/h1-20H. The molecule has 0 heterocycles. The van der Waals surface area contributed by atoms with Crippen molar-refractivity contribution in [3.8, 4) is 22.3 Å². The smallest absolute Gasteiger partial charge is 0.207 e. The van der Waals surface area contributed by atoms with Gasteiger partial charge >= 0.3 is 12.1 Å². The van der Waals surface area contributed by atoms with E-state index in [1.165, 1.54) is 24.3 Å². The zero-order valence-corrected chi connectivity index (χ0v) is 22.8. The Labute approximate surface area is 247 Å². The number of halogens is 6. The molecule has 0 nitrogen and oxygen atoms in total. The first-order valence-electron chi connectivity index (χ1n) is 14.0. The quantitative estimate of drug-likeness (QED) is 0.109. The molecule has 0 atom stereocenters. The molecule has 0 aliphatic carbocycles. The van der Waals surface area contributed by atoms with E-state index < -0.39 is 17.7 Å². The third-order valence-corrected chi connectivity index (χ3v) is 8.69. The van der Waals surface area contributed by atoms with Gasteiger partial charge in [-0.05, 0) is 88.2 Å². The van der Waals surface area contributed by atoms with Crippen molar-refractivity contribution in [2.75, 3.05) is 0 Å². The predicted molar refractivity (Wildman–Crippen MR) is 166 cm³/mol. The van der Waals surface area contributed by atoms with Crippen LogP contribution in [0.15, 0.2) is 121 Å². The average molecular weight is 591 g/mol. The maximum absolute atomic E-state index is 14.8. The van der Waals surface area contributed by atoms with Crippen molar-refractivity contribution < 1.29 is 26.3 Å². The lowest BCUT2D eigenvalue weighted by molar-refractivity contribution is -0.288. The minimum atomic E-state index is -5.73. The van der Waals surface area contributed by atoms with Gasteiger partial charge in [-0.3, -0.25) is 0 Å². The molecular formula is C38H20F6. The van der Waals surface area contributed by atoms with Gasteiger partial charge in [-0.2, -0.15) is 22.0 Å². The minimum absolute atomic E-state index is 0.124. The summed E-state index contributed by atoms with van der Waals surface area (Å²) in [6, 6.07) is 35.0. The van der Waals surface area contributed by atoms with Gasteiger partial charge in [0.2, 0.25) is 0 Å². The van der Waals surface area contributed by atoms with Crippen LogP contribution in [-0.4, -0.2) is 6.18 Å². The summed E-state index contributed by atoms with van der Waals surface area (Å²) in [6.45, 7) is 0. The van der Waals surface area contributed by atoms with Crippen LogP contribution in [0.4, 0.5) is 26.3 Å². The molecular weight excluding hydrogens is 570 g/mol. The molecule has 0 N–H and O–H groups in total. The van der Waals surface area contributed by atoms with Crippen molar-refractivity contribution in [2.24, 2.45) is 0 Å². The van der Waals surface area contributed by atoms with Crippen LogP contribution >= 0.6 is 0 Å². The molecule has 0 spiro atoms. The molecule has 0 saturated heterocycles. The minimum Gasteiger partial charge on any atom is -0.207 e. The number of alkyl halides is 5. The van der Waals surface area contributed by atoms with E-state index in [1.807, 2.05) is 66.7 Å². The lowest BCUT2D eigenvalue weighted by atomic mass is 9.83. The number of benzene rings is 8. The highest BCUT2D eigenvalue weighted by Gasteiger charge is 2.59. The van der Waals surface area contributed by atoms with Gasteiger partial charge in [-0.1, -0.05) is 109 Å². The van der Waals surface area contributed by atoms with E-state index in [-0.39, 0.29) is 11.2 Å². The second-order valence-corrected chi connectivity index (χ2v) is 11.1. The van der Waals surface area contributed by atoms with Gasteiger partial charge in [0, 0.05) is 5.56 Å². The highest BCUT2D eigenvalue weighted by atomic mass is 19.4. The second-order valence-electron chi connectivity index (χ2n) is 11.1. The predicted octanol–water partition coefficient (Wildman–Crippen LogP) is 12.0. The molecule has 214 valence electrons. The Morgan fingerprint density at radius 3 is 1.45 bits per heavy atom. The van der Waals surface area contributed by atoms with Crippen LogP contribution < -0.4 is 0 Å². The monoisotopic (exact) mass is 590 g/mol. The summed E-state index contributed by atoms with van der Waals surface area (Å²) in [6.07, 6.45) is -5.73. The lowest BCUT2D eigenvalue weighted by Crippen LogP contribution is -2.33. The molecule has 0 amide bonds. The number of hydrogen-bond donors (Lipinski definition) is 0. The van der Waals surface area contributed by atoms with Crippen LogP contribution in [0.25, 0.3) is 76.1 Å². The Morgan fingerprint density at radius 1 is 0.409 bits per heavy atom. The molecule has 0 aliphatic heterocycles. The number of fused-ring (bicyclic) bond motifs is 2. The average Bonchev–Trinajstić information content (AvgIpc) is 3.02. The van der Waals surface area contributed by atoms with Gasteiger partial charge in [0.1, 0.15) is 5.82 Å². The van der Waals surface area contributed by atoms with Crippen molar-refractivity contribution in [3.63, 3.8) is 0 Å². The zero-order chi connectivity index (χ0) is 30.4. The molecule has 0 aliphatic rings. The second kappa shape index (κ2) is 9.20. The Morgan fingerprint density at radius 2 is 0.886 bits per heavy atom. The molecule has 0 radical (unpaired) electrons. The van der Waals surface area contributed by atoms with Gasteiger partial charge < -0.3 is 0 Å². The topological polar surface area (TPSA) is 0 Å². The third kappa shape index (κ3) is 3.67. The third-order valence-electron chi connectivity index (χ3n) is 8.69. The van der Waals surface area contributed by atoms with Crippen molar-refractivity contribution in [1.82, 2.24) is 0 Å². The van der Waals surface area contributed by atoms with Crippen LogP contribution in [-0.2, 0) is 5.92 Å². The van der Waals surface area contributed by atoms with E-state index in [4.69, 9.17) is 0 Å². The Balaban J connectivity index is 1.51. The summed E-state index contributed by atoms with van der Waals surface area (Å²) in [5, 5.41) is 6.72. The van der Waals surface area contributed by atoms with Gasteiger partial charge in [0.15, 0.2) is 0 Å². The zero-order valence-electron chi connectivity index (χ0n) is 22.8. The molecule has 0 aromatic heterocycles. The molecule has 6 heteroatoms. The molecule has 44 heavy (non-hydrogen) atoms. The van der Waals surface area contributed by atoms with Crippen molar-refractivity contribution in [3.05, 3.63) is 133 Å². The van der Waals surface area contributed by atoms with Gasteiger partial charge in [0.05, 0.1) is 0 Å². The fraction of sp³-hybridized carbons (Fsp3) is 0.0526. The van der Waals surface area contributed by atoms with Crippen LogP contribution in [0.2, 0.25) is 0 Å². The van der Waals surface area contributed by atoms with Gasteiger partial charge in [0.25, 0.3) is 0 Å². The van der Waals surface area contributed by atoms with E-state index in [2.05, 4.69) is 0 Å². The Hall–Kier alpha value is -5.10. The molecule has 0 fully saturated rings. The SMILES string of the molecule is Fc1ccc(-c2c3ccccc3c(-c3ccc4ccc5c(C(F)(F)C(F)(F)F)ccc6ccc3c4c65)c3ccccc23)cc1. The van der Waals surface area contributed by atoms with Crippen LogP contribution in [0, 0.1) is 5.82 Å². The molecule has 0 saturated carbocycles. The van der Waals surface area contributed by atoms with E-state index in [9.17, 15) is 26.3 Å². The summed E-state index contributed by atoms with van der Waals surface area (Å²) < 4.78 is 84.0. The summed E-state index contributed by atoms with van der Waals surface area (Å²) >= 11 is 0. The lowest BCUT2D eigenvalue weighted by Gasteiger charge is -2.23. The fourth-order valence-electron chi connectivity index (χ4n) is 6.79. The molecule has 8 rings (SSSR count). The van der Waals surface area contributed by atoms with Crippen molar-refractivity contribution in [1.29, 1.82) is 0 Å². The summed E-state index contributed by atoms with van der Waals surface area (Å²) in [4.78, 5) is 0. The summed E-state index contributed by atoms with van der Waals surface area (Å²) in [5.74, 6) is -5.34. The fourth-order valence-corrected chi connectivity index (χ4v) is 6.79. The Bertz CT molecular complexity index is 2340.